The Hall–Kier alpha value is -2.29. The molecule has 4 aliphatic rings. The Bertz CT molecular complexity index is 918. The Labute approximate surface area is 196 Å². The molecule has 0 radical (unpaired) electrons. The summed E-state index contributed by atoms with van der Waals surface area (Å²) in [6, 6.07) is -1.61. The fourth-order valence-corrected chi connectivity index (χ4v) is 4.38. The van der Waals surface area contributed by atoms with E-state index < -0.39 is 46.6 Å². The quantitative estimate of drug-likeness (QED) is 0.222. The number of hydrogen-bond donors (Lipinski definition) is 4. The van der Waals surface area contributed by atoms with Crippen LogP contribution in [0.25, 0.3) is 0 Å². The van der Waals surface area contributed by atoms with Crippen molar-refractivity contribution >= 4 is 28.3 Å². The van der Waals surface area contributed by atoms with Crippen LogP contribution >= 0.6 is 0 Å². The zero-order valence-electron chi connectivity index (χ0n) is 18.0. The molecule has 4 rings (SSSR count). The Morgan fingerprint density at radius 3 is 2.43 bits per heavy atom. The summed E-state index contributed by atoms with van der Waals surface area (Å²) in [6.45, 7) is 2.54. The second kappa shape index (κ2) is 10.8. The lowest BCUT2D eigenvalue weighted by Crippen LogP contribution is -2.50. The van der Waals surface area contributed by atoms with Crippen molar-refractivity contribution in [1.82, 2.24) is 25.7 Å². The fourth-order valence-electron chi connectivity index (χ4n) is 4.00. The van der Waals surface area contributed by atoms with E-state index in [0.29, 0.717) is 37.4 Å². The summed E-state index contributed by atoms with van der Waals surface area (Å²) in [6.07, 6.45) is -3.51. The highest BCUT2D eigenvalue weighted by molar-refractivity contribution is 7.80. The number of alkyl halides is 3. The highest BCUT2D eigenvalue weighted by atomic mass is 32.3. The van der Waals surface area contributed by atoms with Gasteiger partial charge < -0.3 is 20.1 Å². The van der Waals surface area contributed by atoms with E-state index in [0.717, 1.165) is 13.0 Å². The molecular weight excluding hydrogens is 511 g/mol. The van der Waals surface area contributed by atoms with Gasteiger partial charge in [0.25, 0.3) is 5.91 Å². The standard InChI is InChI=1S/C14H23N5O8S.C2HF3O2/c20-13(16-26-6-9-3-11(4-15-9)17-7-25-8-17)12-2-1-10-5-18(12)14(21)19(10)27-28(22,23)24;3-2(4,5)1(6)7/h9-12,15H,1-8H2,(H,16,20)(H,22,23,24);(H,6,7)/t9-,10-,11+,12+;/m1./s1. The maximum atomic E-state index is 12.4. The average molecular weight is 535 g/mol. The van der Waals surface area contributed by atoms with Gasteiger partial charge in [-0.05, 0) is 19.3 Å². The number of carboxylic acids is 1. The van der Waals surface area contributed by atoms with Gasteiger partial charge in [0.15, 0.2) is 0 Å². The lowest BCUT2D eigenvalue weighted by atomic mass is 10.0. The van der Waals surface area contributed by atoms with Crippen LogP contribution in [-0.2, 0) is 33.8 Å². The first kappa shape index (κ1) is 27.3. The number of piperidine rings is 1. The largest absolute Gasteiger partial charge is 0.490 e. The van der Waals surface area contributed by atoms with Crippen molar-refractivity contribution in [3.8, 4) is 0 Å². The van der Waals surface area contributed by atoms with Crippen LogP contribution in [0.1, 0.15) is 19.3 Å². The number of carboxylic acid groups (broad SMARTS) is 1. The summed E-state index contributed by atoms with van der Waals surface area (Å²) in [5, 5.41) is 11.1. The van der Waals surface area contributed by atoms with Crippen molar-refractivity contribution in [1.29, 1.82) is 0 Å². The van der Waals surface area contributed by atoms with Crippen molar-refractivity contribution in [2.45, 2.75) is 49.6 Å². The van der Waals surface area contributed by atoms with Crippen molar-refractivity contribution in [3.63, 3.8) is 0 Å². The van der Waals surface area contributed by atoms with E-state index >= 15 is 0 Å². The van der Waals surface area contributed by atoms with Gasteiger partial charge in [0.05, 0.1) is 12.6 Å². The number of halogens is 3. The number of carbonyl (C=O) groups is 3. The third-order valence-electron chi connectivity index (χ3n) is 5.73. The average Bonchev–Trinajstić information content (AvgIpc) is 3.24. The van der Waals surface area contributed by atoms with E-state index in [9.17, 15) is 31.2 Å². The van der Waals surface area contributed by atoms with Crippen LogP contribution in [0, 0.1) is 0 Å². The summed E-state index contributed by atoms with van der Waals surface area (Å²) >= 11 is 0. The second-order valence-electron chi connectivity index (χ2n) is 8.14. The minimum absolute atomic E-state index is 0.105. The number of nitrogens with zero attached hydrogens (tertiary/aromatic N) is 3. The zero-order valence-corrected chi connectivity index (χ0v) is 18.8. The molecule has 0 aromatic heterocycles. The number of ether oxygens (including phenoxy) is 1. The number of hydroxylamine groups is 3. The molecule has 4 atom stereocenters. The molecule has 4 aliphatic heterocycles. The number of carbonyl (C=O) groups excluding carboxylic acids is 2. The number of aliphatic carboxylic acids is 1. The van der Waals surface area contributed by atoms with Crippen molar-refractivity contribution in [2.75, 3.05) is 33.2 Å². The zero-order chi connectivity index (χ0) is 26.0. The topological polar surface area (TPSA) is 187 Å². The summed E-state index contributed by atoms with van der Waals surface area (Å²) in [7, 11) is -4.81. The highest BCUT2D eigenvalue weighted by Gasteiger charge is 2.49. The summed E-state index contributed by atoms with van der Waals surface area (Å²) < 4.78 is 71.8. The highest BCUT2D eigenvalue weighted by Crippen LogP contribution is 2.30. The molecule has 0 spiro atoms. The van der Waals surface area contributed by atoms with Crippen LogP contribution in [0.2, 0.25) is 0 Å². The van der Waals surface area contributed by atoms with Gasteiger partial charge in [-0.2, -0.15) is 26.7 Å². The molecule has 2 bridgehead atoms. The molecule has 4 saturated heterocycles. The maximum Gasteiger partial charge on any atom is 0.490 e. The first-order valence-electron chi connectivity index (χ1n) is 10.3. The number of rotatable bonds is 7. The smallest absolute Gasteiger partial charge is 0.475 e. The maximum absolute atomic E-state index is 12.4. The number of amides is 3. The van der Waals surface area contributed by atoms with Crippen molar-refractivity contribution in [3.05, 3.63) is 0 Å². The molecule has 0 aromatic rings. The van der Waals surface area contributed by atoms with E-state index in [2.05, 4.69) is 20.0 Å². The van der Waals surface area contributed by atoms with Gasteiger partial charge in [0.1, 0.15) is 19.5 Å². The predicted molar refractivity (Wildman–Crippen MR) is 104 cm³/mol. The summed E-state index contributed by atoms with van der Waals surface area (Å²) in [4.78, 5) is 42.4. The minimum Gasteiger partial charge on any atom is -0.475 e. The van der Waals surface area contributed by atoms with Crippen LogP contribution in [0.15, 0.2) is 0 Å². The third-order valence-corrected chi connectivity index (χ3v) is 6.08. The molecule has 3 amide bonds. The van der Waals surface area contributed by atoms with Crippen molar-refractivity contribution < 1.29 is 59.5 Å². The Morgan fingerprint density at radius 1 is 1.23 bits per heavy atom. The third kappa shape index (κ3) is 7.12. The number of nitrogens with one attached hydrogen (secondary N) is 2. The Kier molecular flexibility index (Phi) is 8.40. The monoisotopic (exact) mass is 535 g/mol. The molecule has 200 valence electrons. The molecule has 0 aromatic carbocycles. The van der Waals surface area contributed by atoms with E-state index in [1.54, 1.807) is 0 Å². The van der Waals surface area contributed by atoms with Gasteiger partial charge in [-0.3, -0.25) is 19.1 Å². The van der Waals surface area contributed by atoms with E-state index in [4.69, 9.17) is 24.0 Å². The molecule has 4 N–H and O–H groups in total. The lowest BCUT2D eigenvalue weighted by Gasteiger charge is -2.35. The van der Waals surface area contributed by atoms with Gasteiger partial charge in [0, 0.05) is 25.2 Å². The van der Waals surface area contributed by atoms with E-state index in [1.165, 1.54) is 4.90 Å². The number of urea groups is 1. The molecule has 15 nitrogen and oxygen atoms in total. The molecule has 4 heterocycles. The van der Waals surface area contributed by atoms with Crippen LogP contribution in [-0.4, -0.2) is 114 Å². The molecule has 35 heavy (non-hydrogen) atoms. The fraction of sp³-hybridized carbons (Fsp3) is 0.812. The van der Waals surface area contributed by atoms with Crippen LogP contribution in [0.5, 0.6) is 0 Å². The van der Waals surface area contributed by atoms with Crippen LogP contribution < -0.4 is 10.8 Å². The van der Waals surface area contributed by atoms with Crippen molar-refractivity contribution in [2.24, 2.45) is 0 Å². The van der Waals surface area contributed by atoms with Gasteiger partial charge in [0.2, 0.25) is 0 Å². The van der Waals surface area contributed by atoms with Gasteiger partial charge in [-0.15, -0.1) is 4.28 Å². The first-order chi connectivity index (χ1) is 16.3. The molecule has 0 saturated carbocycles. The predicted octanol–water partition coefficient (Wildman–Crippen LogP) is -1.35. The van der Waals surface area contributed by atoms with Crippen LogP contribution in [0.3, 0.4) is 0 Å². The lowest BCUT2D eigenvalue weighted by molar-refractivity contribution is -0.192. The Balaban J connectivity index is 0.000000429. The SMILES string of the molecule is O=C(NOC[C@H]1C[C@H](N2COC2)CN1)[C@@H]1CC[C@@H]2CN1C(=O)N2OS(=O)(=O)O.O=C(O)C(F)(F)F. The van der Waals surface area contributed by atoms with E-state index in [1.807, 2.05) is 0 Å². The molecule has 0 unspecified atom stereocenters. The molecular formula is C16H24F3N5O10S. The minimum atomic E-state index is -5.08. The molecule has 19 heteroatoms. The number of fused-ring (bicyclic) bond motifs is 2. The van der Waals surface area contributed by atoms with E-state index in [-0.39, 0.29) is 19.2 Å². The number of hydrogen-bond acceptors (Lipinski definition) is 10. The molecule has 4 fully saturated rings. The summed E-state index contributed by atoms with van der Waals surface area (Å²) in [5.74, 6) is -3.24. The van der Waals surface area contributed by atoms with Gasteiger partial charge >= 0.3 is 28.6 Å². The Morgan fingerprint density at radius 2 is 1.89 bits per heavy atom. The summed E-state index contributed by atoms with van der Waals surface area (Å²) in [5.41, 5.74) is 2.38. The van der Waals surface area contributed by atoms with Gasteiger partial charge in [-0.25, -0.2) is 15.1 Å². The first-order valence-corrected chi connectivity index (χ1v) is 11.7. The van der Waals surface area contributed by atoms with Crippen LogP contribution in [0.4, 0.5) is 18.0 Å². The normalized spacial score (nSPS) is 28.9. The van der Waals surface area contributed by atoms with Gasteiger partial charge in [-0.1, -0.05) is 0 Å². The second-order valence-corrected chi connectivity index (χ2v) is 9.14. The molecule has 0 aliphatic carbocycles.